The van der Waals surface area contributed by atoms with Gasteiger partial charge in [-0.1, -0.05) is 30.3 Å². The van der Waals surface area contributed by atoms with Gasteiger partial charge in [-0.05, 0) is 49.6 Å². The van der Waals surface area contributed by atoms with Crippen LogP contribution in [-0.2, 0) is 20.7 Å². The lowest BCUT2D eigenvalue weighted by atomic mass is 10.0. The van der Waals surface area contributed by atoms with Crippen LogP contribution in [-0.4, -0.2) is 18.4 Å². The topological polar surface area (TPSA) is 52.6 Å². The summed E-state index contributed by atoms with van der Waals surface area (Å²) in [5.41, 5.74) is 1.05. The van der Waals surface area contributed by atoms with E-state index in [0.717, 1.165) is 17.1 Å². The Morgan fingerprint density at radius 3 is 2.52 bits per heavy atom. The fourth-order valence-electron chi connectivity index (χ4n) is 2.90. The molecule has 1 saturated carbocycles. The molecule has 0 unspecified atom stereocenters. The van der Waals surface area contributed by atoms with Gasteiger partial charge in [0.2, 0.25) is 0 Å². The number of Topliss-reactive ketones (excluding diaryl/α,β-unsaturated/α-hetero) is 1. The highest BCUT2D eigenvalue weighted by Crippen LogP contribution is 2.41. The first-order valence-electron chi connectivity index (χ1n) is 8.68. The van der Waals surface area contributed by atoms with Crippen molar-refractivity contribution in [3.63, 3.8) is 0 Å². The molecule has 0 bridgehead atoms. The number of ketones is 1. The molecule has 0 amide bonds. The van der Waals surface area contributed by atoms with Crippen LogP contribution in [0.2, 0.25) is 0 Å². The highest BCUT2D eigenvalue weighted by atomic mass is 16.5. The van der Waals surface area contributed by atoms with Gasteiger partial charge < -0.3 is 9.47 Å². The van der Waals surface area contributed by atoms with Crippen LogP contribution in [0.5, 0.6) is 11.5 Å². The maximum Gasteiger partial charge on any atom is 0.309 e. The van der Waals surface area contributed by atoms with Gasteiger partial charge >= 0.3 is 5.97 Å². The Kier molecular flexibility index (Phi) is 5.49. The SMILES string of the molecule is CCOC(=O)[C@H]1C[C@@H]1C(=O)CCc1cccc(Oc2ccccc2)c1. The lowest BCUT2D eigenvalue weighted by molar-refractivity contribution is -0.145. The van der Waals surface area contributed by atoms with Crippen molar-refractivity contribution in [1.29, 1.82) is 0 Å². The number of ether oxygens (including phenoxy) is 2. The van der Waals surface area contributed by atoms with Gasteiger partial charge in [0.15, 0.2) is 0 Å². The molecule has 0 radical (unpaired) electrons. The fourth-order valence-corrected chi connectivity index (χ4v) is 2.90. The summed E-state index contributed by atoms with van der Waals surface area (Å²) >= 11 is 0. The van der Waals surface area contributed by atoms with E-state index in [1.807, 2.05) is 54.6 Å². The summed E-state index contributed by atoms with van der Waals surface area (Å²) in [4.78, 5) is 23.9. The molecule has 25 heavy (non-hydrogen) atoms. The van der Waals surface area contributed by atoms with Crippen molar-refractivity contribution in [2.24, 2.45) is 11.8 Å². The van der Waals surface area contributed by atoms with E-state index in [2.05, 4.69) is 0 Å². The number of carbonyl (C=O) groups is 2. The summed E-state index contributed by atoms with van der Waals surface area (Å²) in [6, 6.07) is 17.4. The van der Waals surface area contributed by atoms with Crippen molar-refractivity contribution in [1.82, 2.24) is 0 Å². The second-order valence-electron chi connectivity index (χ2n) is 6.23. The minimum absolute atomic E-state index is 0.146. The predicted molar refractivity (Wildman–Crippen MR) is 94.5 cm³/mol. The lowest BCUT2D eigenvalue weighted by Crippen LogP contribution is -2.12. The van der Waals surface area contributed by atoms with Crippen molar-refractivity contribution in [3.05, 3.63) is 60.2 Å². The fraction of sp³-hybridized carbons (Fsp3) is 0.333. The first kappa shape index (κ1) is 17.2. The van der Waals surface area contributed by atoms with Gasteiger partial charge in [-0.2, -0.15) is 0 Å². The first-order valence-corrected chi connectivity index (χ1v) is 8.68. The zero-order valence-electron chi connectivity index (χ0n) is 14.3. The molecule has 0 saturated heterocycles. The number of para-hydroxylation sites is 1. The number of rotatable bonds is 8. The van der Waals surface area contributed by atoms with Gasteiger partial charge in [0.25, 0.3) is 0 Å². The zero-order valence-corrected chi connectivity index (χ0v) is 14.3. The molecule has 4 nitrogen and oxygen atoms in total. The molecule has 0 N–H and O–H groups in total. The average Bonchev–Trinajstić information content (AvgIpc) is 3.42. The minimum atomic E-state index is -0.237. The summed E-state index contributed by atoms with van der Waals surface area (Å²) in [5, 5.41) is 0. The predicted octanol–water partition coefficient (Wildman–Crippen LogP) is 4.18. The number of carbonyl (C=O) groups excluding carboxylic acids is 2. The van der Waals surface area contributed by atoms with Gasteiger partial charge in [-0.15, -0.1) is 0 Å². The van der Waals surface area contributed by atoms with Crippen LogP contribution in [0.25, 0.3) is 0 Å². The van der Waals surface area contributed by atoms with Crippen LogP contribution in [0, 0.1) is 11.8 Å². The molecule has 130 valence electrons. The molecule has 1 aliphatic rings. The molecular weight excluding hydrogens is 316 g/mol. The van der Waals surface area contributed by atoms with E-state index >= 15 is 0 Å². The molecule has 0 spiro atoms. The maximum absolute atomic E-state index is 12.2. The third kappa shape index (κ3) is 4.69. The van der Waals surface area contributed by atoms with E-state index in [1.165, 1.54) is 0 Å². The minimum Gasteiger partial charge on any atom is -0.466 e. The monoisotopic (exact) mass is 338 g/mol. The van der Waals surface area contributed by atoms with Crippen LogP contribution in [0.1, 0.15) is 25.3 Å². The van der Waals surface area contributed by atoms with E-state index in [-0.39, 0.29) is 23.6 Å². The highest BCUT2D eigenvalue weighted by molar-refractivity contribution is 5.91. The Balaban J connectivity index is 1.51. The standard InChI is InChI=1S/C21H22O4/c1-2-24-21(23)19-14-18(19)20(22)12-11-15-7-6-10-17(13-15)25-16-8-4-3-5-9-16/h3-10,13,18-19H,2,11-12,14H2,1H3/t18-,19-/m0/s1. The lowest BCUT2D eigenvalue weighted by Gasteiger charge is -2.07. The van der Waals surface area contributed by atoms with Crippen LogP contribution < -0.4 is 4.74 Å². The van der Waals surface area contributed by atoms with Crippen molar-refractivity contribution >= 4 is 11.8 Å². The molecular formula is C21H22O4. The van der Waals surface area contributed by atoms with E-state index in [0.29, 0.717) is 25.9 Å². The molecule has 1 aliphatic carbocycles. The summed E-state index contributed by atoms with van der Waals surface area (Å²) in [6.07, 6.45) is 1.72. The van der Waals surface area contributed by atoms with Crippen LogP contribution in [0.3, 0.4) is 0 Å². The molecule has 1 fully saturated rings. The third-order valence-electron chi connectivity index (χ3n) is 4.33. The maximum atomic E-state index is 12.2. The van der Waals surface area contributed by atoms with Crippen LogP contribution in [0.4, 0.5) is 0 Å². The van der Waals surface area contributed by atoms with E-state index in [4.69, 9.17) is 9.47 Å². The molecule has 2 aromatic rings. The van der Waals surface area contributed by atoms with Crippen molar-refractivity contribution in [2.45, 2.75) is 26.2 Å². The summed E-state index contributed by atoms with van der Waals surface area (Å²) in [7, 11) is 0. The molecule has 4 heteroatoms. The zero-order chi connectivity index (χ0) is 17.6. The molecule has 2 aromatic carbocycles. The number of aryl methyl sites for hydroxylation is 1. The Morgan fingerprint density at radius 2 is 1.76 bits per heavy atom. The second-order valence-corrected chi connectivity index (χ2v) is 6.23. The Hall–Kier alpha value is -2.62. The van der Waals surface area contributed by atoms with E-state index in [9.17, 15) is 9.59 Å². The van der Waals surface area contributed by atoms with E-state index < -0.39 is 0 Å². The van der Waals surface area contributed by atoms with Crippen LogP contribution >= 0.6 is 0 Å². The van der Waals surface area contributed by atoms with Gasteiger partial charge in [-0.3, -0.25) is 9.59 Å². The van der Waals surface area contributed by atoms with Gasteiger partial charge in [0.1, 0.15) is 17.3 Å². The van der Waals surface area contributed by atoms with E-state index in [1.54, 1.807) is 6.92 Å². The summed E-state index contributed by atoms with van der Waals surface area (Å²) in [5.74, 6) is 1.08. The van der Waals surface area contributed by atoms with Crippen molar-refractivity contribution < 1.29 is 19.1 Å². The summed E-state index contributed by atoms with van der Waals surface area (Å²) in [6.45, 7) is 2.14. The molecule has 2 atom stereocenters. The van der Waals surface area contributed by atoms with Crippen molar-refractivity contribution in [2.75, 3.05) is 6.61 Å². The number of hydrogen-bond donors (Lipinski definition) is 0. The highest BCUT2D eigenvalue weighted by Gasteiger charge is 2.48. The number of benzene rings is 2. The molecule has 0 aliphatic heterocycles. The molecule has 3 rings (SSSR count). The van der Waals surface area contributed by atoms with Crippen molar-refractivity contribution in [3.8, 4) is 11.5 Å². The molecule has 0 aromatic heterocycles. The van der Waals surface area contributed by atoms with Gasteiger partial charge in [-0.25, -0.2) is 0 Å². The summed E-state index contributed by atoms with van der Waals surface area (Å²) < 4.78 is 10.8. The number of hydrogen-bond acceptors (Lipinski definition) is 4. The largest absolute Gasteiger partial charge is 0.466 e. The van der Waals surface area contributed by atoms with Crippen LogP contribution in [0.15, 0.2) is 54.6 Å². The average molecular weight is 338 g/mol. The first-order chi connectivity index (χ1) is 12.2. The Bertz CT molecular complexity index is 739. The second kappa shape index (κ2) is 7.97. The normalized spacial score (nSPS) is 18.4. The Labute approximate surface area is 147 Å². The Morgan fingerprint density at radius 1 is 1.00 bits per heavy atom. The smallest absolute Gasteiger partial charge is 0.309 e. The van der Waals surface area contributed by atoms with Gasteiger partial charge in [0.05, 0.1) is 12.5 Å². The molecule has 0 heterocycles. The quantitative estimate of drug-likeness (QED) is 0.678. The number of esters is 1. The third-order valence-corrected chi connectivity index (χ3v) is 4.33. The van der Waals surface area contributed by atoms with Gasteiger partial charge in [0, 0.05) is 12.3 Å².